The molecular weight excluding hydrogens is 260 g/mol. The average molecular weight is 278 g/mol. The lowest BCUT2D eigenvalue weighted by molar-refractivity contribution is 0.00887. The Kier molecular flexibility index (Phi) is 3.63. The second-order valence-electron chi connectivity index (χ2n) is 5.40. The Morgan fingerprint density at radius 1 is 0.857 bits per heavy atom. The van der Waals surface area contributed by atoms with E-state index in [1.807, 2.05) is 72.8 Å². The van der Waals surface area contributed by atoms with Gasteiger partial charge >= 0.3 is 0 Å². The quantitative estimate of drug-likeness (QED) is 0.777. The van der Waals surface area contributed by atoms with E-state index < -0.39 is 5.60 Å². The number of aliphatic hydroxyl groups is 1. The van der Waals surface area contributed by atoms with Gasteiger partial charge in [0.05, 0.1) is 0 Å². The first-order chi connectivity index (χ1) is 10.2. The second kappa shape index (κ2) is 5.58. The number of hydrogen-bond donors (Lipinski definition) is 1. The van der Waals surface area contributed by atoms with Crippen molar-refractivity contribution >= 4 is 10.8 Å². The standard InChI is InChI=1S/C19H18O2/c1-19(20,14-21-16-10-3-2-4-11-16)18-13-7-9-15-8-5-6-12-17(15)18/h2-13,20H,14H2,1H3. The summed E-state index contributed by atoms with van der Waals surface area (Å²) in [5, 5.41) is 13.0. The van der Waals surface area contributed by atoms with Crippen molar-refractivity contribution in [2.24, 2.45) is 0 Å². The van der Waals surface area contributed by atoms with E-state index in [-0.39, 0.29) is 6.61 Å². The van der Waals surface area contributed by atoms with Crippen LogP contribution in [0.4, 0.5) is 0 Å². The molecule has 0 aliphatic rings. The van der Waals surface area contributed by atoms with E-state index in [4.69, 9.17) is 4.74 Å². The molecule has 3 rings (SSSR count). The Bertz CT molecular complexity index is 727. The summed E-state index contributed by atoms with van der Waals surface area (Å²) in [6.07, 6.45) is 0. The third-order valence-electron chi connectivity index (χ3n) is 3.63. The predicted octanol–water partition coefficient (Wildman–Crippen LogP) is 4.13. The van der Waals surface area contributed by atoms with Crippen LogP contribution in [0.2, 0.25) is 0 Å². The lowest BCUT2D eigenvalue weighted by Gasteiger charge is -2.25. The highest BCUT2D eigenvalue weighted by atomic mass is 16.5. The van der Waals surface area contributed by atoms with E-state index in [0.29, 0.717) is 0 Å². The van der Waals surface area contributed by atoms with Gasteiger partial charge < -0.3 is 9.84 Å². The minimum absolute atomic E-state index is 0.213. The van der Waals surface area contributed by atoms with Gasteiger partial charge in [0.25, 0.3) is 0 Å². The molecule has 0 radical (unpaired) electrons. The predicted molar refractivity (Wildman–Crippen MR) is 85.5 cm³/mol. The van der Waals surface area contributed by atoms with Crippen LogP contribution in [0.25, 0.3) is 10.8 Å². The van der Waals surface area contributed by atoms with E-state index in [2.05, 4.69) is 0 Å². The Balaban J connectivity index is 1.89. The monoisotopic (exact) mass is 278 g/mol. The van der Waals surface area contributed by atoms with Gasteiger partial charge in [0.15, 0.2) is 0 Å². The molecule has 106 valence electrons. The minimum Gasteiger partial charge on any atom is -0.490 e. The Hall–Kier alpha value is -2.32. The van der Waals surface area contributed by atoms with Crippen LogP contribution >= 0.6 is 0 Å². The van der Waals surface area contributed by atoms with E-state index in [9.17, 15) is 5.11 Å². The fraction of sp³-hybridized carbons (Fsp3) is 0.158. The molecule has 0 aromatic heterocycles. The first-order valence-electron chi connectivity index (χ1n) is 7.05. The third kappa shape index (κ3) is 2.91. The van der Waals surface area contributed by atoms with Gasteiger partial charge in [-0.25, -0.2) is 0 Å². The molecule has 0 spiro atoms. The molecule has 21 heavy (non-hydrogen) atoms. The summed E-state index contributed by atoms with van der Waals surface area (Å²) in [7, 11) is 0. The Morgan fingerprint density at radius 2 is 1.52 bits per heavy atom. The van der Waals surface area contributed by atoms with Crippen molar-refractivity contribution in [3.05, 3.63) is 78.4 Å². The van der Waals surface area contributed by atoms with Crippen molar-refractivity contribution in [2.75, 3.05) is 6.61 Å². The maximum absolute atomic E-state index is 10.8. The van der Waals surface area contributed by atoms with Crippen molar-refractivity contribution in [1.29, 1.82) is 0 Å². The molecule has 1 unspecified atom stereocenters. The largest absolute Gasteiger partial charge is 0.490 e. The number of ether oxygens (including phenoxy) is 1. The second-order valence-corrected chi connectivity index (χ2v) is 5.40. The molecule has 0 fully saturated rings. The first kappa shape index (κ1) is 13.7. The summed E-state index contributed by atoms with van der Waals surface area (Å²) >= 11 is 0. The van der Waals surface area contributed by atoms with Gasteiger partial charge in [-0.2, -0.15) is 0 Å². The number of benzene rings is 3. The summed E-state index contributed by atoms with van der Waals surface area (Å²) in [5.41, 5.74) is -0.159. The highest BCUT2D eigenvalue weighted by Gasteiger charge is 2.26. The SMILES string of the molecule is CC(O)(COc1ccccc1)c1cccc2ccccc12. The van der Waals surface area contributed by atoms with Crippen molar-refractivity contribution in [3.63, 3.8) is 0 Å². The zero-order valence-corrected chi connectivity index (χ0v) is 12.0. The lowest BCUT2D eigenvalue weighted by atomic mass is 9.91. The fourth-order valence-electron chi connectivity index (χ4n) is 2.51. The molecule has 0 aliphatic carbocycles. The van der Waals surface area contributed by atoms with Gasteiger partial charge in [0.1, 0.15) is 18.0 Å². The van der Waals surface area contributed by atoms with Gasteiger partial charge in [-0.15, -0.1) is 0 Å². The smallest absolute Gasteiger partial charge is 0.121 e. The highest BCUT2D eigenvalue weighted by molar-refractivity contribution is 5.86. The van der Waals surface area contributed by atoms with Gasteiger partial charge in [0, 0.05) is 0 Å². The van der Waals surface area contributed by atoms with Crippen LogP contribution in [-0.2, 0) is 5.60 Å². The van der Waals surface area contributed by atoms with Crippen LogP contribution in [-0.4, -0.2) is 11.7 Å². The number of hydrogen-bond acceptors (Lipinski definition) is 2. The van der Waals surface area contributed by atoms with Gasteiger partial charge in [0.2, 0.25) is 0 Å². The Morgan fingerprint density at radius 3 is 2.33 bits per heavy atom. The number of fused-ring (bicyclic) bond motifs is 1. The maximum atomic E-state index is 10.8. The van der Waals surface area contributed by atoms with E-state index in [1.165, 1.54) is 0 Å². The molecule has 3 aromatic rings. The van der Waals surface area contributed by atoms with E-state index >= 15 is 0 Å². The average Bonchev–Trinajstić information content (AvgIpc) is 2.53. The summed E-state index contributed by atoms with van der Waals surface area (Å²) < 4.78 is 5.72. The molecule has 0 saturated carbocycles. The molecule has 0 saturated heterocycles. The van der Waals surface area contributed by atoms with E-state index in [0.717, 1.165) is 22.1 Å². The molecule has 0 amide bonds. The van der Waals surface area contributed by atoms with Crippen molar-refractivity contribution in [3.8, 4) is 5.75 Å². The van der Waals surface area contributed by atoms with Gasteiger partial charge in [-0.05, 0) is 35.4 Å². The first-order valence-corrected chi connectivity index (χ1v) is 7.05. The third-order valence-corrected chi connectivity index (χ3v) is 3.63. The molecule has 1 N–H and O–H groups in total. The lowest BCUT2D eigenvalue weighted by Crippen LogP contribution is -2.29. The Labute approximate surface area is 124 Å². The zero-order chi connectivity index (χ0) is 14.7. The normalized spacial score (nSPS) is 13.8. The van der Waals surface area contributed by atoms with E-state index in [1.54, 1.807) is 6.92 Å². The van der Waals surface area contributed by atoms with Crippen molar-refractivity contribution in [1.82, 2.24) is 0 Å². The van der Waals surface area contributed by atoms with Crippen LogP contribution in [0.15, 0.2) is 72.8 Å². The molecule has 0 aliphatic heterocycles. The zero-order valence-electron chi connectivity index (χ0n) is 12.0. The molecule has 0 bridgehead atoms. The molecule has 0 heterocycles. The van der Waals surface area contributed by atoms with Crippen LogP contribution in [0.3, 0.4) is 0 Å². The van der Waals surface area contributed by atoms with Crippen LogP contribution in [0.1, 0.15) is 12.5 Å². The van der Waals surface area contributed by atoms with Crippen LogP contribution in [0.5, 0.6) is 5.75 Å². The molecule has 2 nitrogen and oxygen atoms in total. The molecule has 2 heteroatoms. The number of para-hydroxylation sites is 1. The topological polar surface area (TPSA) is 29.5 Å². The van der Waals surface area contributed by atoms with Crippen molar-refractivity contribution in [2.45, 2.75) is 12.5 Å². The van der Waals surface area contributed by atoms with Gasteiger partial charge in [-0.3, -0.25) is 0 Å². The van der Waals surface area contributed by atoms with Gasteiger partial charge in [-0.1, -0.05) is 60.7 Å². The fourth-order valence-corrected chi connectivity index (χ4v) is 2.51. The summed E-state index contributed by atoms with van der Waals surface area (Å²) in [6.45, 7) is 2.00. The summed E-state index contributed by atoms with van der Waals surface area (Å²) in [5.74, 6) is 0.762. The summed E-state index contributed by atoms with van der Waals surface area (Å²) in [6, 6.07) is 23.6. The molecule has 1 atom stereocenters. The maximum Gasteiger partial charge on any atom is 0.121 e. The number of rotatable bonds is 4. The summed E-state index contributed by atoms with van der Waals surface area (Å²) in [4.78, 5) is 0. The molecule has 3 aromatic carbocycles. The van der Waals surface area contributed by atoms with Crippen molar-refractivity contribution < 1.29 is 9.84 Å². The molecular formula is C19H18O2. The van der Waals surface area contributed by atoms with Crippen LogP contribution < -0.4 is 4.74 Å². The highest BCUT2D eigenvalue weighted by Crippen LogP contribution is 2.29. The minimum atomic E-state index is -1.04. The van der Waals surface area contributed by atoms with Crippen LogP contribution in [0, 0.1) is 0 Å².